The number of benzene rings is 2. The SMILES string of the molecule is Cc1cc(O[C@H](C)C(=O)N[C@@H](C)c2ccc3c(c2)CCC3)cc(C)c1Cl. The van der Waals surface area contributed by atoms with Gasteiger partial charge in [-0.1, -0.05) is 29.8 Å². The molecule has 0 spiro atoms. The van der Waals surface area contributed by atoms with E-state index in [1.807, 2.05) is 32.9 Å². The van der Waals surface area contributed by atoms with E-state index >= 15 is 0 Å². The molecule has 0 saturated heterocycles. The third-order valence-corrected chi connectivity index (χ3v) is 5.67. The molecule has 0 unspecified atom stereocenters. The molecule has 1 aliphatic rings. The van der Waals surface area contributed by atoms with Crippen LogP contribution in [-0.2, 0) is 17.6 Å². The Labute approximate surface area is 160 Å². The molecule has 1 aliphatic carbocycles. The molecule has 0 radical (unpaired) electrons. The molecule has 138 valence electrons. The van der Waals surface area contributed by atoms with Gasteiger partial charge in [0.15, 0.2) is 6.10 Å². The largest absolute Gasteiger partial charge is 0.481 e. The van der Waals surface area contributed by atoms with E-state index in [4.69, 9.17) is 16.3 Å². The van der Waals surface area contributed by atoms with Gasteiger partial charge in [0.05, 0.1) is 6.04 Å². The van der Waals surface area contributed by atoms with Crippen LogP contribution in [0.2, 0.25) is 5.02 Å². The zero-order chi connectivity index (χ0) is 18.8. The van der Waals surface area contributed by atoms with E-state index in [-0.39, 0.29) is 11.9 Å². The van der Waals surface area contributed by atoms with Gasteiger partial charge in [-0.2, -0.15) is 0 Å². The van der Waals surface area contributed by atoms with Crippen molar-refractivity contribution in [3.8, 4) is 5.75 Å². The average Bonchev–Trinajstić information content (AvgIpc) is 3.07. The van der Waals surface area contributed by atoms with Gasteiger partial charge >= 0.3 is 0 Å². The van der Waals surface area contributed by atoms with E-state index in [0.717, 1.165) is 28.1 Å². The van der Waals surface area contributed by atoms with Crippen molar-refractivity contribution in [2.75, 3.05) is 0 Å². The van der Waals surface area contributed by atoms with Crippen molar-refractivity contribution in [3.63, 3.8) is 0 Å². The second kappa shape index (κ2) is 7.71. The molecule has 1 amide bonds. The summed E-state index contributed by atoms with van der Waals surface area (Å²) in [7, 11) is 0. The Morgan fingerprint density at radius 3 is 2.42 bits per heavy atom. The van der Waals surface area contributed by atoms with Crippen molar-refractivity contribution in [1.29, 1.82) is 0 Å². The summed E-state index contributed by atoms with van der Waals surface area (Å²) in [5, 5.41) is 3.79. The quantitative estimate of drug-likeness (QED) is 0.794. The van der Waals surface area contributed by atoms with Crippen LogP contribution in [0.15, 0.2) is 30.3 Å². The Morgan fingerprint density at radius 2 is 1.73 bits per heavy atom. The predicted octanol–water partition coefficient (Wildman–Crippen LogP) is 5.09. The van der Waals surface area contributed by atoms with Crippen LogP contribution in [0.1, 0.15) is 54.1 Å². The lowest BCUT2D eigenvalue weighted by molar-refractivity contribution is -0.127. The third kappa shape index (κ3) is 4.04. The molecule has 0 fully saturated rings. The van der Waals surface area contributed by atoms with Crippen molar-refractivity contribution in [2.24, 2.45) is 0 Å². The predicted molar refractivity (Wildman–Crippen MR) is 106 cm³/mol. The van der Waals surface area contributed by atoms with Gasteiger partial charge in [0.1, 0.15) is 5.75 Å². The summed E-state index contributed by atoms with van der Waals surface area (Å²) in [6.07, 6.45) is 2.95. The smallest absolute Gasteiger partial charge is 0.261 e. The van der Waals surface area contributed by atoms with Gasteiger partial charge in [-0.15, -0.1) is 0 Å². The minimum absolute atomic E-state index is 0.0480. The fraction of sp³-hybridized carbons (Fsp3) is 0.409. The number of amides is 1. The number of nitrogens with one attached hydrogen (secondary N) is 1. The van der Waals surface area contributed by atoms with Crippen LogP contribution in [0.4, 0.5) is 0 Å². The number of fused-ring (bicyclic) bond motifs is 1. The molecule has 4 heteroatoms. The molecular weight excluding hydrogens is 346 g/mol. The molecule has 2 atom stereocenters. The molecular formula is C22H26ClNO2. The maximum atomic E-state index is 12.5. The van der Waals surface area contributed by atoms with Crippen LogP contribution in [0.25, 0.3) is 0 Å². The fourth-order valence-corrected chi connectivity index (χ4v) is 3.62. The van der Waals surface area contributed by atoms with Crippen LogP contribution in [0.3, 0.4) is 0 Å². The molecule has 3 nitrogen and oxygen atoms in total. The zero-order valence-electron chi connectivity index (χ0n) is 15.9. The molecule has 1 N–H and O–H groups in total. The van der Waals surface area contributed by atoms with Crippen LogP contribution >= 0.6 is 11.6 Å². The lowest BCUT2D eigenvalue weighted by Gasteiger charge is -2.20. The van der Waals surface area contributed by atoms with Crippen molar-refractivity contribution in [2.45, 2.75) is 59.1 Å². The molecule has 26 heavy (non-hydrogen) atoms. The summed E-state index contributed by atoms with van der Waals surface area (Å²) >= 11 is 6.19. The molecule has 0 aromatic heterocycles. The standard InChI is InChI=1S/C22H26ClNO2/c1-13-10-20(11-14(2)21(13)23)26-16(4)22(25)24-15(3)18-9-8-17-6-5-7-19(17)12-18/h8-12,15-16H,5-7H2,1-4H3,(H,24,25)/t15-,16+/m0/s1. The van der Waals surface area contributed by atoms with Crippen LogP contribution in [-0.4, -0.2) is 12.0 Å². The highest BCUT2D eigenvalue weighted by Gasteiger charge is 2.20. The number of aryl methyl sites for hydroxylation is 4. The minimum Gasteiger partial charge on any atom is -0.481 e. The first-order valence-corrected chi connectivity index (χ1v) is 9.58. The number of carbonyl (C=O) groups excluding carboxylic acids is 1. The number of carbonyl (C=O) groups is 1. The summed E-state index contributed by atoms with van der Waals surface area (Å²) in [4.78, 5) is 12.5. The van der Waals surface area contributed by atoms with E-state index in [1.165, 1.54) is 24.0 Å². The lowest BCUT2D eigenvalue weighted by Crippen LogP contribution is -2.37. The number of hydrogen-bond acceptors (Lipinski definition) is 2. The topological polar surface area (TPSA) is 38.3 Å². The second-order valence-electron chi connectivity index (χ2n) is 7.24. The van der Waals surface area contributed by atoms with E-state index in [2.05, 4.69) is 23.5 Å². The Balaban J connectivity index is 1.63. The van der Waals surface area contributed by atoms with Crippen molar-refractivity contribution in [1.82, 2.24) is 5.32 Å². The highest BCUT2D eigenvalue weighted by atomic mass is 35.5. The molecule has 2 aromatic carbocycles. The minimum atomic E-state index is -0.577. The number of ether oxygens (including phenoxy) is 1. The lowest BCUT2D eigenvalue weighted by atomic mass is 10.0. The Bertz CT molecular complexity index is 808. The van der Waals surface area contributed by atoms with Gasteiger partial charge in [-0.25, -0.2) is 0 Å². The molecule has 2 aromatic rings. The highest BCUT2D eigenvalue weighted by Crippen LogP contribution is 2.27. The normalized spacial score (nSPS) is 15.3. The average molecular weight is 372 g/mol. The maximum Gasteiger partial charge on any atom is 0.261 e. The first-order valence-electron chi connectivity index (χ1n) is 9.20. The van der Waals surface area contributed by atoms with Crippen molar-refractivity contribution >= 4 is 17.5 Å². The van der Waals surface area contributed by atoms with Gasteiger partial charge in [0, 0.05) is 5.02 Å². The van der Waals surface area contributed by atoms with Gasteiger partial charge < -0.3 is 10.1 Å². The first-order chi connectivity index (χ1) is 12.3. The molecule has 0 bridgehead atoms. The second-order valence-corrected chi connectivity index (χ2v) is 7.62. The molecule has 0 heterocycles. The van der Waals surface area contributed by atoms with Crippen molar-refractivity contribution in [3.05, 3.63) is 63.2 Å². The number of halogens is 1. The fourth-order valence-electron chi connectivity index (χ4n) is 3.51. The van der Waals surface area contributed by atoms with Crippen LogP contribution in [0.5, 0.6) is 5.75 Å². The Morgan fingerprint density at radius 1 is 1.08 bits per heavy atom. The Kier molecular flexibility index (Phi) is 5.57. The molecule has 0 aliphatic heterocycles. The molecule has 0 saturated carbocycles. The van der Waals surface area contributed by atoms with Crippen LogP contribution < -0.4 is 10.1 Å². The summed E-state index contributed by atoms with van der Waals surface area (Å²) in [6, 6.07) is 10.2. The monoisotopic (exact) mass is 371 g/mol. The van der Waals surface area contributed by atoms with Gasteiger partial charge in [0.25, 0.3) is 5.91 Å². The zero-order valence-corrected chi connectivity index (χ0v) is 16.6. The highest BCUT2D eigenvalue weighted by molar-refractivity contribution is 6.32. The molecule has 3 rings (SSSR count). The van der Waals surface area contributed by atoms with E-state index in [0.29, 0.717) is 5.75 Å². The summed E-state index contributed by atoms with van der Waals surface area (Å²) in [5.41, 5.74) is 5.89. The van der Waals surface area contributed by atoms with Crippen LogP contribution in [0, 0.1) is 13.8 Å². The number of rotatable bonds is 5. The summed E-state index contributed by atoms with van der Waals surface area (Å²) in [6.45, 7) is 7.65. The summed E-state index contributed by atoms with van der Waals surface area (Å²) in [5.74, 6) is 0.542. The first kappa shape index (κ1) is 18.8. The van der Waals surface area contributed by atoms with Gasteiger partial charge in [0.2, 0.25) is 0 Å². The van der Waals surface area contributed by atoms with E-state index in [1.54, 1.807) is 6.92 Å². The third-order valence-electron chi connectivity index (χ3n) is 5.07. The van der Waals surface area contributed by atoms with Gasteiger partial charge in [-0.05, 0) is 86.9 Å². The van der Waals surface area contributed by atoms with Crippen molar-refractivity contribution < 1.29 is 9.53 Å². The Hall–Kier alpha value is -2.00. The van der Waals surface area contributed by atoms with E-state index < -0.39 is 6.10 Å². The summed E-state index contributed by atoms with van der Waals surface area (Å²) < 4.78 is 5.83. The van der Waals surface area contributed by atoms with E-state index in [9.17, 15) is 4.79 Å². The maximum absolute atomic E-state index is 12.5. The van der Waals surface area contributed by atoms with Gasteiger partial charge in [-0.3, -0.25) is 4.79 Å². The number of hydrogen-bond donors (Lipinski definition) is 1.